The summed E-state index contributed by atoms with van der Waals surface area (Å²) in [7, 11) is -2.15. The van der Waals surface area contributed by atoms with Crippen molar-refractivity contribution in [1.29, 1.82) is 0 Å². The van der Waals surface area contributed by atoms with E-state index < -0.39 is 7.29 Å². The number of Topliss-reactive ketones (excluding diaryl/α,β-unsaturated/α-hetero) is 1. The third kappa shape index (κ3) is 4.93. The molecule has 100 valence electrons. The minimum atomic E-state index is -2.15. The molecule has 0 radical (unpaired) electrons. The van der Waals surface area contributed by atoms with E-state index in [1.165, 1.54) is 0 Å². The van der Waals surface area contributed by atoms with Gasteiger partial charge in [0.2, 0.25) is 0 Å². The third-order valence-corrected chi connectivity index (χ3v) is 4.32. The lowest BCUT2D eigenvalue weighted by Gasteiger charge is -2.32. The van der Waals surface area contributed by atoms with E-state index in [4.69, 9.17) is 0 Å². The lowest BCUT2D eigenvalue weighted by molar-refractivity contribution is -0.131. The van der Waals surface area contributed by atoms with Crippen molar-refractivity contribution >= 4 is 13.1 Å². The number of hydrogen-bond donors (Lipinski definition) is 1. The summed E-state index contributed by atoms with van der Waals surface area (Å²) in [6.45, 7) is 9.50. The summed E-state index contributed by atoms with van der Waals surface area (Å²) < 4.78 is 11.7. The molecular formula is C13H26NO2P. The predicted octanol–water partition coefficient (Wildman–Crippen LogP) is 3.29. The maximum atomic E-state index is 12.1. The molecule has 0 saturated heterocycles. The molecule has 0 bridgehead atoms. The van der Waals surface area contributed by atoms with Crippen molar-refractivity contribution in [2.75, 3.05) is 13.3 Å². The molecule has 0 aromatic heterocycles. The summed E-state index contributed by atoms with van der Waals surface area (Å²) in [4.78, 5) is 12.1. The van der Waals surface area contributed by atoms with Crippen molar-refractivity contribution in [3.8, 4) is 0 Å². The second-order valence-electron chi connectivity index (χ2n) is 6.64. The van der Waals surface area contributed by atoms with Gasteiger partial charge in [0, 0.05) is 30.7 Å². The molecule has 17 heavy (non-hydrogen) atoms. The van der Waals surface area contributed by atoms with Crippen molar-refractivity contribution in [3.63, 3.8) is 0 Å². The van der Waals surface area contributed by atoms with Gasteiger partial charge in [-0.05, 0) is 25.7 Å². The molecule has 0 spiro atoms. The highest BCUT2D eigenvalue weighted by atomic mass is 31.2. The monoisotopic (exact) mass is 259 g/mol. The van der Waals surface area contributed by atoms with Crippen molar-refractivity contribution in [1.82, 2.24) is 5.09 Å². The Kier molecular flexibility index (Phi) is 4.60. The summed E-state index contributed by atoms with van der Waals surface area (Å²) in [5, 5.41) is 3.20. The van der Waals surface area contributed by atoms with Crippen LogP contribution < -0.4 is 5.09 Å². The van der Waals surface area contributed by atoms with Gasteiger partial charge in [-0.3, -0.25) is 9.88 Å². The van der Waals surface area contributed by atoms with Gasteiger partial charge in [-0.15, -0.1) is 0 Å². The van der Waals surface area contributed by atoms with Crippen LogP contribution in [0.4, 0.5) is 0 Å². The van der Waals surface area contributed by atoms with E-state index in [-0.39, 0.29) is 11.3 Å². The third-order valence-electron chi connectivity index (χ3n) is 3.33. The highest BCUT2D eigenvalue weighted by molar-refractivity contribution is 7.60. The fourth-order valence-corrected chi connectivity index (χ4v) is 3.67. The lowest BCUT2D eigenvalue weighted by Crippen LogP contribution is -2.36. The van der Waals surface area contributed by atoms with Gasteiger partial charge in [0.05, 0.1) is 0 Å². The Labute approximate surface area is 105 Å². The second-order valence-corrected chi connectivity index (χ2v) is 9.60. The zero-order chi connectivity index (χ0) is 13.3. The summed E-state index contributed by atoms with van der Waals surface area (Å²) in [5.41, 5.74) is -0.226. The average molecular weight is 259 g/mol. The molecule has 0 amide bonds. The molecule has 0 aliphatic heterocycles. The van der Waals surface area contributed by atoms with Gasteiger partial charge in [0.1, 0.15) is 13.1 Å². The molecule has 1 N–H and O–H groups in total. The van der Waals surface area contributed by atoms with Gasteiger partial charge >= 0.3 is 0 Å². The van der Waals surface area contributed by atoms with Crippen LogP contribution in [-0.4, -0.2) is 25.2 Å². The first kappa shape index (κ1) is 14.9. The second kappa shape index (κ2) is 5.24. The van der Waals surface area contributed by atoms with Crippen LogP contribution >= 0.6 is 7.29 Å². The molecular weight excluding hydrogens is 233 g/mol. The van der Waals surface area contributed by atoms with Gasteiger partial charge in [0.25, 0.3) is 0 Å². The summed E-state index contributed by atoms with van der Waals surface area (Å²) >= 11 is 0. The van der Waals surface area contributed by atoms with Crippen LogP contribution in [0.2, 0.25) is 0 Å². The highest BCUT2D eigenvalue weighted by Gasteiger charge is 2.33. The van der Waals surface area contributed by atoms with E-state index in [1.54, 1.807) is 13.3 Å². The molecule has 1 aliphatic rings. The van der Waals surface area contributed by atoms with Crippen LogP contribution in [0.1, 0.15) is 46.5 Å². The van der Waals surface area contributed by atoms with Gasteiger partial charge in [-0.1, -0.05) is 20.8 Å². The van der Waals surface area contributed by atoms with E-state index >= 15 is 0 Å². The van der Waals surface area contributed by atoms with E-state index in [9.17, 15) is 9.36 Å². The Balaban J connectivity index is 2.47. The molecule has 1 fully saturated rings. The van der Waals surface area contributed by atoms with Crippen LogP contribution in [0, 0.1) is 11.3 Å². The van der Waals surface area contributed by atoms with Crippen molar-refractivity contribution in [2.45, 2.75) is 52.5 Å². The molecule has 0 unspecified atom stereocenters. The summed E-state index contributed by atoms with van der Waals surface area (Å²) in [6.07, 6.45) is 3.82. The molecule has 3 nitrogen and oxygen atoms in total. The molecule has 1 rings (SSSR count). The number of rotatable bonds is 3. The maximum Gasteiger partial charge on any atom is 0.142 e. The topological polar surface area (TPSA) is 46.2 Å². The first-order chi connectivity index (χ1) is 7.59. The number of hydrogen-bond acceptors (Lipinski definition) is 2. The fraction of sp³-hybridized carbons (Fsp3) is 0.923. The molecule has 0 aromatic rings. The van der Waals surface area contributed by atoms with Crippen LogP contribution in [0.3, 0.4) is 0 Å². The Morgan fingerprint density at radius 3 is 1.94 bits per heavy atom. The number of nitrogens with one attached hydrogen (secondary N) is 1. The zero-order valence-electron chi connectivity index (χ0n) is 11.7. The van der Waals surface area contributed by atoms with Crippen LogP contribution in [0.5, 0.6) is 0 Å². The molecule has 0 atom stereocenters. The quantitative estimate of drug-likeness (QED) is 0.791. The normalized spacial score (nSPS) is 26.9. The largest absolute Gasteiger partial charge is 0.307 e. The Bertz CT molecular complexity index is 319. The van der Waals surface area contributed by atoms with E-state index in [0.717, 1.165) is 25.7 Å². The van der Waals surface area contributed by atoms with E-state index in [0.29, 0.717) is 11.8 Å². The van der Waals surface area contributed by atoms with Crippen molar-refractivity contribution in [2.24, 2.45) is 11.3 Å². The van der Waals surface area contributed by atoms with Crippen molar-refractivity contribution in [3.05, 3.63) is 0 Å². The van der Waals surface area contributed by atoms with Gasteiger partial charge in [-0.2, -0.15) is 0 Å². The predicted molar refractivity (Wildman–Crippen MR) is 72.8 cm³/mol. The average Bonchev–Trinajstić information content (AvgIpc) is 2.14. The van der Waals surface area contributed by atoms with Crippen LogP contribution in [0.25, 0.3) is 0 Å². The standard InChI is InChI=1S/C13H26NO2P/c1-13(2,3)12(15)10-6-8-11(9-7-10)14-17(4,5)16/h10-11H,6-9H2,1-5H3,(H,14,16). The van der Waals surface area contributed by atoms with E-state index in [2.05, 4.69) is 5.09 Å². The highest BCUT2D eigenvalue weighted by Crippen LogP contribution is 2.36. The number of carbonyl (C=O) groups excluding carboxylic acids is 1. The fourth-order valence-electron chi connectivity index (χ4n) is 2.54. The van der Waals surface area contributed by atoms with Crippen LogP contribution in [0.15, 0.2) is 0 Å². The summed E-state index contributed by atoms with van der Waals surface area (Å²) in [6, 6.07) is 0.333. The molecule has 1 aliphatic carbocycles. The first-order valence-corrected chi connectivity index (χ1v) is 9.07. The minimum absolute atomic E-state index is 0.209. The number of carbonyl (C=O) groups is 1. The molecule has 0 heterocycles. The number of ketones is 1. The smallest absolute Gasteiger partial charge is 0.142 e. The summed E-state index contributed by atoms with van der Waals surface area (Å²) in [5.74, 6) is 0.591. The van der Waals surface area contributed by atoms with E-state index in [1.807, 2.05) is 20.8 Å². The van der Waals surface area contributed by atoms with Gasteiger partial charge in [-0.25, -0.2) is 0 Å². The zero-order valence-corrected chi connectivity index (χ0v) is 12.6. The Hall–Kier alpha value is -0.140. The Morgan fingerprint density at radius 2 is 1.59 bits per heavy atom. The first-order valence-electron chi connectivity index (χ1n) is 6.47. The minimum Gasteiger partial charge on any atom is -0.307 e. The SMILES string of the molecule is CC(C)(C)C(=O)C1CCC(NP(C)(C)=O)CC1. The molecule has 0 aromatic carbocycles. The molecule has 1 saturated carbocycles. The maximum absolute atomic E-state index is 12.1. The molecule has 4 heteroatoms. The van der Waals surface area contributed by atoms with Crippen molar-refractivity contribution < 1.29 is 9.36 Å². The Morgan fingerprint density at radius 1 is 1.12 bits per heavy atom. The lowest BCUT2D eigenvalue weighted by atomic mass is 9.75. The van der Waals surface area contributed by atoms with Gasteiger partial charge < -0.3 is 4.57 Å². The van der Waals surface area contributed by atoms with Gasteiger partial charge in [0.15, 0.2) is 0 Å². The van der Waals surface area contributed by atoms with Crippen LogP contribution in [-0.2, 0) is 9.36 Å².